The molecule has 0 aromatic heterocycles. The van der Waals surface area contributed by atoms with Gasteiger partial charge in [0.25, 0.3) is 0 Å². The maximum atomic E-state index is 11.4. The van der Waals surface area contributed by atoms with Gasteiger partial charge < -0.3 is 0 Å². The zero-order valence-electron chi connectivity index (χ0n) is 6.50. The van der Waals surface area contributed by atoms with E-state index in [-0.39, 0.29) is 0 Å². The highest BCUT2D eigenvalue weighted by Gasteiger charge is 2.02. The lowest BCUT2D eigenvalue weighted by Crippen LogP contribution is -1.96. The van der Waals surface area contributed by atoms with Gasteiger partial charge in [-0.15, -0.1) is 0 Å². The van der Waals surface area contributed by atoms with Crippen LogP contribution in [0.4, 0.5) is 0 Å². The summed E-state index contributed by atoms with van der Waals surface area (Å²) < 4.78 is 11.4. The highest BCUT2D eigenvalue weighted by atomic mass is 35.5. The summed E-state index contributed by atoms with van der Waals surface area (Å²) in [5, 5.41) is 0.428. The van der Waals surface area contributed by atoms with Gasteiger partial charge in [0.15, 0.2) is 0 Å². The van der Waals surface area contributed by atoms with Crippen LogP contribution in [0.15, 0.2) is 46.8 Å². The Morgan fingerprint density at radius 1 is 1.42 bits per heavy atom. The van der Waals surface area contributed by atoms with E-state index in [9.17, 15) is 4.21 Å². The summed E-state index contributed by atoms with van der Waals surface area (Å²) in [5.41, 5.74) is 0. The summed E-state index contributed by atoms with van der Waals surface area (Å²) in [6.07, 6.45) is 0. The first-order valence-electron chi connectivity index (χ1n) is 3.47. The molecule has 3 heteroatoms. The number of hydrogen-bond donors (Lipinski definition) is 0. The highest BCUT2D eigenvalue weighted by Crippen LogP contribution is 2.09. The first kappa shape index (κ1) is 9.49. The van der Waals surface area contributed by atoms with Crippen LogP contribution in [0.1, 0.15) is 0 Å². The molecule has 1 aromatic carbocycles. The molecule has 0 N–H and O–H groups in total. The minimum atomic E-state index is -1.05. The van der Waals surface area contributed by atoms with E-state index >= 15 is 0 Å². The first-order chi connectivity index (χ1) is 5.70. The molecule has 0 aliphatic rings. The van der Waals surface area contributed by atoms with Crippen molar-refractivity contribution in [2.75, 3.05) is 5.75 Å². The van der Waals surface area contributed by atoms with Crippen LogP contribution in [0.3, 0.4) is 0 Å². The Kier molecular flexibility index (Phi) is 3.50. The molecule has 0 saturated heterocycles. The van der Waals surface area contributed by atoms with Crippen LogP contribution >= 0.6 is 11.6 Å². The fourth-order valence-corrected chi connectivity index (χ4v) is 2.01. The molecule has 0 aliphatic carbocycles. The number of hydrogen-bond acceptors (Lipinski definition) is 1. The topological polar surface area (TPSA) is 17.1 Å². The average molecular weight is 201 g/mol. The largest absolute Gasteiger partial charge is 0.254 e. The second-order valence-electron chi connectivity index (χ2n) is 2.32. The van der Waals surface area contributed by atoms with Gasteiger partial charge in [-0.3, -0.25) is 4.21 Å². The molecular formula is C9H9ClOS. The molecule has 0 bridgehead atoms. The van der Waals surface area contributed by atoms with Crippen molar-refractivity contribution < 1.29 is 4.21 Å². The molecule has 0 amide bonds. The molecule has 1 nitrogen and oxygen atoms in total. The van der Waals surface area contributed by atoms with Crippen LogP contribution in [0.5, 0.6) is 0 Å². The van der Waals surface area contributed by atoms with Crippen LogP contribution in [0.2, 0.25) is 0 Å². The van der Waals surface area contributed by atoms with Crippen LogP contribution in [0, 0.1) is 0 Å². The Morgan fingerprint density at radius 3 is 2.50 bits per heavy atom. The van der Waals surface area contributed by atoms with Crippen molar-refractivity contribution >= 4 is 22.4 Å². The lowest BCUT2D eigenvalue weighted by molar-refractivity contribution is 0.685. The third-order valence-corrected chi connectivity index (χ3v) is 2.99. The second-order valence-corrected chi connectivity index (χ2v) is 4.31. The molecule has 12 heavy (non-hydrogen) atoms. The lowest BCUT2D eigenvalue weighted by Gasteiger charge is -1.98. The molecular weight excluding hydrogens is 192 g/mol. The highest BCUT2D eigenvalue weighted by molar-refractivity contribution is 7.85. The summed E-state index contributed by atoms with van der Waals surface area (Å²) in [7, 11) is -1.05. The zero-order valence-corrected chi connectivity index (χ0v) is 8.07. The van der Waals surface area contributed by atoms with E-state index < -0.39 is 10.8 Å². The third kappa shape index (κ3) is 2.80. The average Bonchev–Trinajstić information content (AvgIpc) is 2.05. The maximum absolute atomic E-state index is 11.4. The smallest absolute Gasteiger partial charge is 0.0634 e. The minimum absolute atomic E-state index is 0.325. The predicted octanol–water partition coefficient (Wildman–Crippen LogP) is 2.55. The van der Waals surface area contributed by atoms with Crippen molar-refractivity contribution in [3.8, 4) is 0 Å². The van der Waals surface area contributed by atoms with Crippen LogP contribution in [-0.2, 0) is 10.8 Å². The Bertz CT molecular complexity index is 295. The van der Waals surface area contributed by atoms with Gasteiger partial charge in [-0.2, -0.15) is 0 Å². The third-order valence-electron chi connectivity index (χ3n) is 1.29. The minimum Gasteiger partial charge on any atom is -0.254 e. The van der Waals surface area contributed by atoms with Crippen LogP contribution < -0.4 is 0 Å². The number of benzene rings is 1. The fourth-order valence-electron chi connectivity index (χ4n) is 0.798. The monoisotopic (exact) mass is 200 g/mol. The van der Waals surface area contributed by atoms with Gasteiger partial charge in [0, 0.05) is 9.93 Å². The SMILES string of the molecule is C=C(Cl)CS(=O)c1ccccc1. The van der Waals surface area contributed by atoms with E-state index in [1.807, 2.05) is 30.3 Å². The summed E-state index contributed by atoms with van der Waals surface area (Å²) in [6.45, 7) is 3.49. The molecule has 64 valence electrons. The summed E-state index contributed by atoms with van der Waals surface area (Å²) in [5.74, 6) is 0.325. The first-order valence-corrected chi connectivity index (χ1v) is 5.16. The van der Waals surface area contributed by atoms with E-state index in [0.717, 1.165) is 4.90 Å². The molecule has 0 saturated carbocycles. The van der Waals surface area contributed by atoms with E-state index in [2.05, 4.69) is 6.58 Å². The maximum Gasteiger partial charge on any atom is 0.0634 e. The van der Waals surface area contributed by atoms with Gasteiger partial charge in [0.1, 0.15) is 0 Å². The molecule has 0 fully saturated rings. The fraction of sp³-hybridized carbons (Fsp3) is 0.111. The Morgan fingerprint density at radius 2 is 2.00 bits per heavy atom. The standard InChI is InChI=1S/C9H9ClOS/c1-8(10)7-12(11)9-5-3-2-4-6-9/h2-6H,1,7H2. The van der Waals surface area contributed by atoms with Crippen molar-refractivity contribution in [1.82, 2.24) is 0 Å². The second kappa shape index (κ2) is 4.43. The Balaban J connectivity index is 2.73. The number of rotatable bonds is 3. The lowest BCUT2D eigenvalue weighted by atomic mass is 10.4. The van der Waals surface area contributed by atoms with Crippen molar-refractivity contribution in [2.45, 2.75) is 4.90 Å². The van der Waals surface area contributed by atoms with Gasteiger partial charge in [0.05, 0.1) is 16.6 Å². The van der Waals surface area contributed by atoms with E-state index in [1.54, 1.807) is 0 Å². The van der Waals surface area contributed by atoms with Crippen LogP contribution in [0.25, 0.3) is 0 Å². The molecule has 0 radical (unpaired) electrons. The molecule has 1 rings (SSSR count). The van der Waals surface area contributed by atoms with E-state index in [4.69, 9.17) is 11.6 Å². The van der Waals surface area contributed by atoms with E-state index in [1.165, 1.54) is 0 Å². The van der Waals surface area contributed by atoms with Gasteiger partial charge in [-0.25, -0.2) is 0 Å². The van der Waals surface area contributed by atoms with Gasteiger partial charge >= 0.3 is 0 Å². The molecule has 1 atom stereocenters. The molecule has 0 spiro atoms. The summed E-state index contributed by atoms with van der Waals surface area (Å²) in [6, 6.07) is 9.22. The van der Waals surface area contributed by atoms with Crippen molar-refractivity contribution in [3.05, 3.63) is 41.9 Å². The number of halogens is 1. The molecule has 0 heterocycles. The van der Waals surface area contributed by atoms with Gasteiger partial charge in [0.2, 0.25) is 0 Å². The van der Waals surface area contributed by atoms with Gasteiger partial charge in [-0.05, 0) is 12.1 Å². The molecule has 1 unspecified atom stereocenters. The van der Waals surface area contributed by atoms with Crippen molar-refractivity contribution in [2.24, 2.45) is 0 Å². The van der Waals surface area contributed by atoms with Crippen LogP contribution in [-0.4, -0.2) is 9.96 Å². The quantitative estimate of drug-likeness (QED) is 0.733. The zero-order chi connectivity index (χ0) is 8.97. The Labute approximate surface area is 79.5 Å². The van der Waals surface area contributed by atoms with Crippen molar-refractivity contribution in [3.63, 3.8) is 0 Å². The van der Waals surface area contributed by atoms with Gasteiger partial charge in [-0.1, -0.05) is 36.4 Å². The Hall–Kier alpha value is -0.600. The molecule has 1 aromatic rings. The summed E-state index contributed by atoms with van der Waals surface area (Å²) >= 11 is 5.54. The summed E-state index contributed by atoms with van der Waals surface area (Å²) in [4.78, 5) is 0.791. The van der Waals surface area contributed by atoms with Crippen molar-refractivity contribution in [1.29, 1.82) is 0 Å². The molecule has 0 aliphatic heterocycles. The van der Waals surface area contributed by atoms with E-state index in [0.29, 0.717) is 10.8 Å². The normalized spacial score (nSPS) is 12.4. The predicted molar refractivity (Wildman–Crippen MR) is 52.7 cm³/mol.